The molecule has 0 spiro atoms. The second-order valence-electron chi connectivity index (χ2n) is 7.03. The molecule has 0 saturated heterocycles. The van der Waals surface area contributed by atoms with E-state index in [0.29, 0.717) is 11.8 Å². The third-order valence-corrected chi connectivity index (χ3v) is 4.80. The number of aromatic nitrogens is 3. The van der Waals surface area contributed by atoms with Gasteiger partial charge in [-0.15, -0.1) is 10.2 Å². The van der Waals surface area contributed by atoms with Crippen LogP contribution in [-0.2, 0) is 19.5 Å². The van der Waals surface area contributed by atoms with Crippen LogP contribution in [0.5, 0.6) is 0 Å². The summed E-state index contributed by atoms with van der Waals surface area (Å²) in [5.74, 6) is 4.31. The number of nitrogens with one attached hydrogen (secondary N) is 1. The molecule has 0 bridgehead atoms. The smallest absolute Gasteiger partial charge is 0.135 e. The Morgan fingerprint density at radius 1 is 1.29 bits per heavy atom. The van der Waals surface area contributed by atoms with Gasteiger partial charge in [-0.2, -0.15) is 0 Å². The summed E-state index contributed by atoms with van der Waals surface area (Å²) in [7, 11) is 0. The summed E-state index contributed by atoms with van der Waals surface area (Å²) in [6.45, 7) is 7.15. The molecule has 5 heteroatoms. The number of hydrogen-bond acceptors (Lipinski definition) is 4. The highest BCUT2D eigenvalue weighted by Gasteiger charge is 2.23. The Kier molecular flexibility index (Phi) is 4.10. The van der Waals surface area contributed by atoms with Gasteiger partial charge in [0, 0.05) is 30.8 Å². The Morgan fingerprint density at radius 3 is 3.00 bits per heavy atom. The van der Waals surface area contributed by atoms with Gasteiger partial charge in [-0.1, -0.05) is 32.0 Å². The first-order valence-corrected chi connectivity index (χ1v) is 8.81. The van der Waals surface area contributed by atoms with E-state index in [4.69, 9.17) is 4.42 Å². The minimum Gasteiger partial charge on any atom is -0.460 e. The van der Waals surface area contributed by atoms with Crippen LogP contribution >= 0.6 is 0 Å². The summed E-state index contributed by atoms with van der Waals surface area (Å²) in [6.07, 6.45) is 2.19. The molecule has 5 nitrogen and oxygen atoms in total. The van der Waals surface area contributed by atoms with Crippen molar-refractivity contribution < 1.29 is 4.42 Å². The van der Waals surface area contributed by atoms with Crippen molar-refractivity contribution in [2.24, 2.45) is 5.92 Å². The van der Waals surface area contributed by atoms with Gasteiger partial charge in [0.1, 0.15) is 23.0 Å². The standard InChI is InChI=1S/C19H24N4O/c1-13(2)19-22-21-18-8-7-14(12-23(18)19)10-20-11-16-9-15-5-3-4-6-17(15)24-16/h3-6,9,13-14,20H,7-8,10-12H2,1-2H3/t14-/m1/s1. The molecule has 0 radical (unpaired) electrons. The van der Waals surface area contributed by atoms with Gasteiger partial charge in [0.2, 0.25) is 0 Å². The maximum Gasteiger partial charge on any atom is 0.135 e. The lowest BCUT2D eigenvalue weighted by atomic mass is 9.98. The lowest BCUT2D eigenvalue weighted by molar-refractivity contribution is 0.335. The minimum atomic E-state index is 0.425. The molecule has 3 heterocycles. The molecule has 126 valence electrons. The van der Waals surface area contributed by atoms with Crippen LogP contribution in [0.25, 0.3) is 11.0 Å². The molecule has 0 amide bonds. The van der Waals surface area contributed by atoms with Crippen molar-refractivity contribution in [3.63, 3.8) is 0 Å². The summed E-state index contributed by atoms with van der Waals surface area (Å²) >= 11 is 0. The molecule has 1 aliphatic rings. The van der Waals surface area contributed by atoms with Crippen molar-refractivity contribution >= 4 is 11.0 Å². The number of hydrogen-bond donors (Lipinski definition) is 1. The molecule has 1 aromatic carbocycles. The van der Waals surface area contributed by atoms with Crippen molar-refractivity contribution in [1.82, 2.24) is 20.1 Å². The van der Waals surface area contributed by atoms with E-state index in [0.717, 1.165) is 49.0 Å². The molecule has 4 rings (SSSR count). The molecule has 0 unspecified atom stereocenters. The van der Waals surface area contributed by atoms with Crippen LogP contribution in [0.1, 0.15) is 43.6 Å². The van der Waals surface area contributed by atoms with Crippen LogP contribution in [0.2, 0.25) is 0 Å². The second kappa shape index (κ2) is 6.40. The fourth-order valence-corrected chi connectivity index (χ4v) is 3.53. The van der Waals surface area contributed by atoms with Crippen LogP contribution in [0.4, 0.5) is 0 Å². The highest BCUT2D eigenvalue weighted by Crippen LogP contribution is 2.23. The summed E-state index contributed by atoms with van der Waals surface area (Å²) in [6, 6.07) is 10.3. The number of aryl methyl sites for hydroxylation is 1. The average molecular weight is 324 g/mol. The third kappa shape index (κ3) is 2.96. The van der Waals surface area contributed by atoms with Gasteiger partial charge in [-0.25, -0.2) is 0 Å². The minimum absolute atomic E-state index is 0.425. The summed E-state index contributed by atoms with van der Waals surface area (Å²) in [5, 5.41) is 13.4. The van der Waals surface area contributed by atoms with Gasteiger partial charge in [0.05, 0.1) is 6.54 Å². The maximum absolute atomic E-state index is 5.86. The van der Waals surface area contributed by atoms with Crippen LogP contribution in [-0.4, -0.2) is 21.3 Å². The highest BCUT2D eigenvalue weighted by atomic mass is 16.3. The molecular formula is C19H24N4O. The fourth-order valence-electron chi connectivity index (χ4n) is 3.53. The number of para-hydroxylation sites is 1. The molecule has 0 aliphatic carbocycles. The van der Waals surface area contributed by atoms with E-state index < -0.39 is 0 Å². The van der Waals surface area contributed by atoms with E-state index in [2.05, 4.69) is 46.1 Å². The third-order valence-electron chi connectivity index (χ3n) is 4.80. The van der Waals surface area contributed by atoms with Gasteiger partial charge in [0.25, 0.3) is 0 Å². The lowest BCUT2D eigenvalue weighted by Crippen LogP contribution is -2.30. The molecule has 1 N–H and O–H groups in total. The Labute approximate surface area is 142 Å². The largest absolute Gasteiger partial charge is 0.460 e. The molecule has 1 aliphatic heterocycles. The van der Waals surface area contributed by atoms with Crippen LogP contribution in [0.3, 0.4) is 0 Å². The van der Waals surface area contributed by atoms with E-state index in [-0.39, 0.29) is 0 Å². The molecule has 0 fully saturated rings. The van der Waals surface area contributed by atoms with Crippen molar-refractivity contribution in [2.75, 3.05) is 6.54 Å². The summed E-state index contributed by atoms with van der Waals surface area (Å²) in [5.41, 5.74) is 0.961. The Bertz CT molecular complexity index is 800. The van der Waals surface area contributed by atoms with Gasteiger partial charge < -0.3 is 14.3 Å². The average Bonchev–Trinajstić information content (AvgIpc) is 3.17. The van der Waals surface area contributed by atoms with Gasteiger partial charge in [0.15, 0.2) is 0 Å². The predicted molar refractivity (Wildman–Crippen MR) is 93.8 cm³/mol. The van der Waals surface area contributed by atoms with Crippen molar-refractivity contribution in [3.8, 4) is 0 Å². The quantitative estimate of drug-likeness (QED) is 0.780. The molecular weight excluding hydrogens is 300 g/mol. The zero-order valence-electron chi connectivity index (χ0n) is 14.3. The number of rotatable bonds is 5. The van der Waals surface area contributed by atoms with E-state index in [9.17, 15) is 0 Å². The van der Waals surface area contributed by atoms with Crippen molar-refractivity contribution in [2.45, 2.75) is 45.7 Å². The van der Waals surface area contributed by atoms with Gasteiger partial charge in [-0.3, -0.25) is 0 Å². The second-order valence-corrected chi connectivity index (χ2v) is 7.03. The van der Waals surface area contributed by atoms with Crippen LogP contribution in [0, 0.1) is 5.92 Å². The summed E-state index contributed by atoms with van der Waals surface area (Å²) in [4.78, 5) is 0. The van der Waals surface area contributed by atoms with Gasteiger partial charge >= 0.3 is 0 Å². The number of fused-ring (bicyclic) bond motifs is 2. The first-order chi connectivity index (χ1) is 11.7. The molecule has 3 aromatic rings. The zero-order chi connectivity index (χ0) is 16.5. The Balaban J connectivity index is 1.35. The number of benzene rings is 1. The van der Waals surface area contributed by atoms with E-state index in [1.54, 1.807) is 0 Å². The highest BCUT2D eigenvalue weighted by molar-refractivity contribution is 5.77. The van der Waals surface area contributed by atoms with Crippen molar-refractivity contribution in [3.05, 3.63) is 47.7 Å². The number of furan rings is 1. The monoisotopic (exact) mass is 324 g/mol. The molecule has 2 aromatic heterocycles. The fraction of sp³-hybridized carbons (Fsp3) is 0.474. The van der Waals surface area contributed by atoms with Crippen molar-refractivity contribution in [1.29, 1.82) is 0 Å². The van der Waals surface area contributed by atoms with E-state index in [1.165, 1.54) is 11.8 Å². The topological polar surface area (TPSA) is 55.9 Å². The maximum atomic E-state index is 5.86. The predicted octanol–water partition coefficient (Wildman–Crippen LogP) is 3.50. The molecule has 24 heavy (non-hydrogen) atoms. The SMILES string of the molecule is CC(C)c1nnc2n1C[C@@H](CNCc1cc3ccccc3o1)CC2. The molecule has 0 saturated carbocycles. The summed E-state index contributed by atoms with van der Waals surface area (Å²) < 4.78 is 8.19. The zero-order valence-corrected chi connectivity index (χ0v) is 14.3. The molecule has 1 atom stereocenters. The lowest BCUT2D eigenvalue weighted by Gasteiger charge is -2.25. The van der Waals surface area contributed by atoms with Gasteiger partial charge in [-0.05, 0) is 24.5 Å². The van der Waals surface area contributed by atoms with E-state index in [1.807, 2.05) is 18.2 Å². The first-order valence-electron chi connectivity index (χ1n) is 8.81. The van der Waals surface area contributed by atoms with E-state index >= 15 is 0 Å². The first kappa shape index (κ1) is 15.4. The number of nitrogens with zero attached hydrogens (tertiary/aromatic N) is 3. The van der Waals surface area contributed by atoms with Crippen LogP contribution < -0.4 is 5.32 Å². The Morgan fingerprint density at radius 2 is 2.17 bits per heavy atom. The Hall–Kier alpha value is -2.14. The van der Waals surface area contributed by atoms with Crippen LogP contribution in [0.15, 0.2) is 34.7 Å². The normalized spacial score (nSPS) is 17.5.